The number of benzene rings is 2. The molecule has 3 N–H and O–H groups in total. The third kappa shape index (κ3) is 3.61. The van der Waals surface area contributed by atoms with Crippen LogP contribution in [0.4, 0.5) is 5.69 Å². The topological polar surface area (TPSA) is 46.2 Å². The first-order valence-corrected chi connectivity index (χ1v) is 7.95. The predicted molar refractivity (Wildman–Crippen MR) is 88.7 cm³/mol. The summed E-state index contributed by atoms with van der Waals surface area (Å²) in [4.78, 5) is 0. The van der Waals surface area contributed by atoms with Gasteiger partial charge in [0.15, 0.2) is 0 Å². The lowest BCUT2D eigenvalue weighted by molar-refractivity contribution is 0.322. The van der Waals surface area contributed by atoms with Gasteiger partial charge in [0, 0.05) is 21.5 Å². The highest BCUT2D eigenvalue weighted by atomic mass is 35.5. The number of hydrogen-bond acceptors (Lipinski definition) is 3. The maximum atomic E-state index is 9.09. The molecule has 2 nitrogen and oxygen atoms in total. The van der Waals surface area contributed by atoms with Crippen LogP contribution in [-0.2, 0) is 0 Å². The molecule has 106 valence electrons. The summed E-state index contributed by atoms with van der Waals surface area (Å²) in [5.74, 6) is 0.599. The highest BCUT2D eigenvalue weighted by Crippen LogP contribution is 2.41. The van der Waals surface area contributed by atoms with Crippen molar-refractivity contribution in [3.05, 3.63) is 63.6 Å². The molecule has 0 bridgehead atoms. The van der Waals surface area contributed by atoms with E-state index in [2.05, 4.69) is 0 Å². The number of aliphatic hydroxyl groups excluding tert-OH is 1. The lowest BCUT2D eigenvalue weighted by Gasteiger charge is -2.20. The van der Waals surface area contributed by atoms with E-state index < -0.39 is 0 Å². The summed E-state index contributed by atoms with van der Waals surface area (Å²) in [6.45, 7) is 0.103. The zero-order chi connectivity index (χ0) is 14.5. The number of aliphatic hydroxyl groups is 1. The summed E-state index contributed by atoms with van der Waals surface area (Å²) >= 11 is 14.0. The normalized spacial score (nSPS) is 12.3. The van der Waals surface area contributed by atoms with E-state index in [4.69, 9.17) is 34.0 Å². The second-order valence-corrected chi connectivity index (χ2v) is 6.33. The van der Waals surface area contributed by atoms with Crippen molar-refractivity contribution in [1.29, 1.82) is 0 Å². The van der Waals surface area contributed by atoms with Gasteiger partial charge in [0.2, 0.25) is 0 Å². The fourth-order valence-electron chi connectivity index (χ4n) is 1.98. The monoisotopic (exact) mass is 327 g/mol. The lowest BCUT2D eigenvalue weighted by Crippen LogP contribution is -2.04. The summed E-state index contributed by atoms with van der Waals surface area (Å²) in [6, 6.07) is 13.1. The van der Waals surface area contributed by atoms with Crippen LogP contribution in [-0.4, -0.2) is 17.5 Å². The van der Waals surface area contributed by atoms with Gasteiger partial charge in [-0.05, 0) is 35.4 Å². The molecule has 2 rings (SSSR count). The van der Waals surface area contributed by atoms with Crippen molar-refractivity contribution < 1.29 is 5.11 Å². The summed E-state index contributed by atoms with van der Waals surface area (Å²) in [5.41, 5.74) is 8.64. The Morgan fingerprint density at radius 3 is 2.55 bits per heavy atom. The van der Waals surface area contributed by atoms with Crippen molar-refractivity contribution in [3.63, 3.8) is 0 Å². The first-order chi connectivity index (χ1) is 9.63. The molecular weight excluding hydrogens is 313 g/mol. The van der Waals surface area contributed by atoms with Gasteiger partial charge in [-0.1, -0.05) is 41.4 Å². The van der Waals surface area contributed by atoms with E-state index in [1.165, 1.54) is 0 Å². The third-order valence-corrected chi connectivity index (χ3v) is 4.73. The predicted octanol–water partition coefficient (Wildman–Crippen LogP) is 4.39. The van der Waals surface area contributed by atoms with Crippen LogP contribution in [0, 0.1) is 0 Å². The molecule has 0 spiro atoms. The van der Waals surface area contributed by atoms with E-state index in [0.717, 1.165) is 11.1 Å². The van der Waals surface area contributed by atoms with Crippen molar-refractivity contribution in [2.24, 2.45) is 0 Å². The molecule has 20 heavy (non-hydrogen) atoms. The highest BCUT2D eigenvalue weighted by molar-refractivity contribution is 7.99. The van der Waals surface area contributed by atoms with Crippen molar-refractivity contribution in [1.82, 2.24) is 0 Å². The van der Waals surface area contributed by atoms with Gasteiger partial charge in [0.25, 0.3) is 0 Å². The zero-order valence-electron chi connectivity index (χ0n) is 10.7. The minimum absolute atomic E-state index is 0.0467. The van der Waals surface area contributed by atoms with Crippen LogP contribution in [0.25, 0.3) is 0 Å². The van der Waals surface area contributed by atoms with Gasteiger partial charge in [-0.25, -0.2) is 0 Å². The maximum Gasteiger partial charge on any atom is 0.0582 e. The van der Waals surface area contributed by atoms with Gasteiger partial charge in [0.05, 0.1) is 11.9 Å². The van der Waals surface area contributed by atoms with Crippen molar-refractivity contribution in [2.75, 3.05) is 18.1 Å². The molecule has 0 aromatic heterocycles. The minimum Gasteiger partial charge on any atom is -0.398 e. The number of thioether (sulfide) groups is 1. The quantitative estimate of drug-likeness (QED) is 0.800. The van der Waals surface area contributed by atoms with E-state index in [9.17, 15) is 0 Å². The number of rotatable bonds is 5. The van der Waals surface area contributed by atoms with E-state index in [0.29, 0.717) is 21.5 Å². The number of halogens is 2. The molecule has 0 saturated carbocycles. The van der Waals surface area contributed by atoms with E-state index in [1.807, 2.05) is 30.3 Å². The Morgan fingerprint density at radius 2 is 1.85 bits per heavy atom. The highest BCUT2D eigenvalue weighted by Gasteiger charge is 2.19. The molecule has 5 heteroatoms. The fraction of sp³-hybridized carbons (Fsp3) is 0.200. The SMILES string of the molecule is Nc1ccc(Cl)cc1C(SCCO)c1ccccc1Cl. The average molecular weight is 328 g/mol. The Balaban J connectivity index is 2.47. The van der Waals surface area contributed by atoms with Gasteiger partial charge in [0.1, 0.15) is 0 Å². The van der Waals surface area contributed by atoms with Gasteiger partial charge in [-0.15, -0.1) is 11.8 Å². The molecule has 0 fully saturated rings. The molecule has 1 unspecified atom stereocenters. The Hall–Kier alpha value is -0.870. The van der Waals surface area contributed by atoms with Gasteiger partial charge in [-0.2, -0.15) is 0 Å². The number of hydrogen-bond donors (Lipinski definition) is 2. The van der Waals surface area contributed by atoms with Crippen LogP contribution in [0.3, 0.4) is 0 Å². The molecule has 0 saturated heterocycles. The first kappa shape index (κ1) is 15.5. The Labute approximate surface area is 132 Å². The van der Waals surface area contributed by atoms with Crippen molar-refractivity contribution >= 4 is 40.7 Å². The summed E-state index contributed by atoms with van der Waals surface area (Å²) in [5, 5.41) is 10.4. The van der Waals surface area contributed by atoms with E-state index in [-0.39, 0.29) is 11.9 Å². The number of nitrogens with two attached hydrogens (primary N) is 1. The zero-order valence-corrected chi connectivity index (χ0v) is 13.1. The third-order valence-electron chi connectivity index (χ3n) is 2.89. The molecule has 0 aliphatic rings. The van der Waals surface area contributed by atoms with Crippen LogP contribution in [0.2, 0.25) is 10.0 Å². The van der Waals surface area contributed by atoms with E-state index >= 15 is 0 Å². The second-order valence-electron chi connectivity index (χ2n) is 4.27. The van der Waals surface area contributed by atoms with Crippen molar-refractivity contribution in [3.8, 4) is 0 Å². The Kier molecular flexibility index (Phi) is 5.61. The maximum absolute atomic E-state index is 9.09. The molecular formula is C15H15Cl2NOS. The molecule has 2 aromatic rings. The number of anilines is 1. The molecule has 1 atom stereocenters. The number of nitrogen functional groups attached to an aromatic ring is 1. The Bertz CT molecular complexity index is 592. The molecule has 0 aliphatic heterocycles. The fourth-order valence-corrected chi connectivity index (χ4v) is 3.58. The van der Waals surface area contributed by atoms with Gasteiger partial charge in [-0.3, -0.25) is 0 Å². The largest absolute Gasteiger partial charge is 0.398 e. The average Bonchev–Trinajstić information content (AvgIpc) is 2.44. The van der Waals surface area contributed by atoms with Crippen LogP contribution >= 0.6 is 35.0 Å². The lowest BCUT2D eigenvalue weighted by atomic mass is 10.0. The molecule has 0 aliphatic carbocycles. The molecule has 2 aromatic carbocycles. The smallest absolute Gasteiger partial charge is 0.0582 e. The van der Waals surface area contributed by atoms with Crippen LogP contribution in [0.1, 0.15) is 16.4 Å². The summed E-state index contributed by atoms with van der Waals surface area (Å²) in [6.07, 6.45) is 0. The summed E-state index contributed by atoms with van der Waals surface area (Å²) in [7, 11) is 0. The standard InChI is InChI=1S/C15H15Cl2NOS/c16-10-5-6-14(18)12(9-10)15(20-8-7-19)11-3-1-2-4-13(11)17/h1-6,9,15,19H,7-8,18H2. The minimum atomic E-state index is -0.0467. The van der Waals surface area contributed by atoms with Gasteiger partial charge < -0.3 is 10.8 Å². The second kappa shape index (κ2) is 7.23. The first-order valence-electron chi connectivity index (χ1n) is 6.15. The van der Waals surface area contributed by atoms with Crippen LogP contribution < -0.4 is 5.73 Å². The van der Waals surface area contributed by atoms with Gasteiger partial charge >= 0.3 is 0 Å². The van der Waals surface area contributed by atoms with Crippen LogP contribution in [0.5, 0.6) is 0 Å². The van der Waals surface area contributed by atoms with Crippen LogP contribution in [0.15, 0.2) is 42.5 Å². The molecule has 0 amide bonds. The molecule has 0 radical (unpaired) electrons. The van der Waals surface area contributed by atoms with Crippen molar-refractivity contribution in [2.45, 2.75) is 5.25 Å². The molecule has 0 heterocycles. The summed E-state index contributed by atoms with van der Waals surface area (Å²) < 4.78 is 0. The van der Waals surface area contributed by atoms with E-state index in [1.54, 1.807) is 23.9 Å². The Morgan fingerprint density at radius 1 is 1.10 bits per heavy atom.